The minimum absolute atomic E-state index is 0.0765. The van der Waals surface area contributed by atoms with Crippen LogP contribution in [0.25, 0.3) is 22.3 Å². The number of aliphatic carboxylic acids is 2. The highest BCUT2D eigenvalue weighted by atomic mass is 16.6. The van der Waals surface area contributed by atoms with Crippen molar-refractivity contribution in [3.05, 3.63) is 108 Å². The molecule has 2 heterocycles. The molecule has 508 valence electrons. The number of anilines is 2. The third kappa shape index (κ3) is 29.3. The first-order valence-electron chi connectivity index (χ1n) is 33.5. The fourth-order valence-corrected chi connectivity index (χ4v) is 10.2. The fourth-order valence-electron chi connectivity index (χ4n) is 10.2. The number of para-hydroxylation sites is 2. The minimum atomic E-state index is -1.19. The van der Waals surface area contributed by atoms with E-state index in [1.807, 2.05) is 125 Å². The minimum Gasteiger partial charge on any atom is -0.479 e. The summed E-state index contributed by atoms with van der Waals surface area (Å²) in [5.74, 6) is -1.26. The summed E-state index contributed by atoms with van der Waals surface area (Å²) < 4.78 is 22.3. The van der Waals surface area contributed by atoms with Gasteiger partial charge in [-0.1, -0.05) is 219 Å². The maximum Gasteiger partial charge on any atom is 0.335 e. The molecular weight excluding hydrogens is 1150 g/mol. The summed E-state index contributed by atoms with van der Waals surface area (Å²) >= 11 is 0. The van der Waals surface area contributed by atoms with E-state index in [0.29, 0.717) is 63.4 Å². The average molecular weight is 1270 g/mol. The van der Waals surface area contributed by atoms with Crippen LogP contribution in [0.1, 0.15) is 209 Å². The summed E-state index contributed by atoms with van der Waals surface area (Å²) in [7, 11) is 3.53. The second-order valence-corrected chi connectivity index (χ2v) is 25.2. The lowest BCUT2D eigenvalue weighted by atomic mass is 9.95. The largest absolute Gasteiger partial charge is 0.479 e. The van der Waals surface area contributed by atoms with Crippen LogP contribution in [0, 0.1) is 23.7 Å². The van der Waals surface area contributed by atoms with Gasteiger partial charge in [-0.15, -0.1) is 0 Å². The van der Waals surface area contributed by atoms with Gasteiger partial charge in [0.15, 0.2) is 18.3 Å². The molecule has 0 aliphatic carbocycles. The molecule has 6 N–H and O–H groups in total. The van der Waals surface area contributed by atoms with Crippen molar-refractivity contribution in [1.29, 1.82) is 0 Å². The molecule has 6 rings (SSSR count). The van der Waals surface area contributed by atoms with Crippen LogP contribution in [0.5, 0.6) is 0 Å². The van der Waals surface area contributed by atoms with Gasteiger partial charge < -0.3 is 55.1 Å². The normalized spacial score (nSPS) is 15.2. The van der Waals surface area contributed by atoms with Crippen LogP contribution >= 0.6 is 0 Å². The number of carboxylic acid groups (broad SMARTS) is 2. The Morgan fingerprint density at radius 1 is 0.473 bits per heavy atom. The molecular formula is C74H114N4O13. The molecule has 6 atom stereocenters. The highest BCUT2D eigenvalue weighted by Crippen LogP contribution is 2.40. The highest BCUT2D eigenvalue weighted by Gasteiger charge is 2.35. The van der Waals surface area contributed by atoms with Crippen LogP contribution in [0.4, 0.5) is 11.4 Å². The molecule has 0 aromatic heterocycles. The molecule has 4 aromatic carbocycles. The molecule has 2 aliphatic rings. The number of amides is 3. The number of benzene rings is 4. The molecule has 0 saturated heterocycles. The van der Waals surface area contributed by atoms with Crippen molar-refractivity contribution in [1.82, 2.24) is 5.32 Å². The Morgan fingerprint density at radius 3 is 1.26 bits per heavy atom. The van der Waals surface area contributed by atoms with Gasteiger partial charge in [-0.2, -0.15) is 0 Å². The lowest BCUT2D eigenvalue weighted by Gasteiger charge is -2.26. The lowest BCUT2D eigenvalue weighted by molar-refractivity contribution is -0.158. The average Bonchev–Trinajstić information content (AvgIpc) is 1.69. The van der Waals surface area contributed by atoms with Gasteiger partial charge in [0.05, 0.1) is 18.0 Å². The number of esters is 1. The summed E-state index contributed by atoms with van der Waals surface area (Å²) in [6.07, 6.45) is 12.4. The van der Waals surface area contributed by atoms with Crippen molar-refractivity contribution in [3.63, 3.8) is 0 Å². The van der Waals surface area contributed by atoms with Crippen LogP contribution in [-0.2, 0) is 47.7 Å². The maximum absolute atomic E-state index is 13.4. The molecule has 4 aromatic rings. The SMILES string of the molecule is CC(C)C[C@H](O)C(=O)O.CCCCCOC(=O)[C@H](CC(C)C)OCCCCC.CCCCCO[C@@H](CC(C)C)C(=O)N[C@@H]1C(=O)N(C)c2ccccc2-c2ccccc21.CCCCCO[C@@H](CC(C)C)C(=O)O.CN1C(=O)[C@@H](N)c2ccccc2-c2ccccc21. The van der Waals surface area contributed by atoms with E-state index in [2.05, 4.69) is 60.7 Å². The third-order valence-electron chi connectivity index (χ3n) is 15.2. The number of hydrogen-bond acceptors (Lipinski definition) is 12. The van der Waals surface area contributed by atoms with Crippen molar-refractivity contribution < 1.29 is 63.0 Å². The number of likely N-dealkylation sites (N-methyl/N-ethyl adjacent to an activating group) is 2. The lowest BCUT2D eigenvalue weighted by Crippen LogP contribution is -2.45. The Kier molecular flexibility index (Phi) is 39.8. The zero-order valence-corrected chi connectivity index (χ0v) is 57.5. The van der Waals surface area contributed by atoms with Crippen molar-refractivity contribution >= 4 is 47.0 Å². The van der Waals surface area contributed by atoms with Gasteiger partial charge >= 0.3 is 17.9 Å². The van der Waals surface area contributed by atoms with Crippen molar-refractivity contribution in [2.45, 2.75) is 222 Å². The monoisotopic (exact) mass is 1270 g/mol. The van der Waals surface area contributed by atoms with Crippen molar-refractivity contribution in [2.24, 2.45) is 29.4 Å². The Morgan fingerprint density at radius 2 is 0.835 bits per heavy atom. The summed E-state index contributed by atoms with van der Waals surface area (Å²) in [4.78, 5) is 74.9. The van der Waals surface area contributed by atoms with E-state index in [9.17, 15) is 28.8 Å². The number of nitrogens with zero attached hydrogens (tertiary/aromatic N) is 2. The molecule has 2 aliphatic heterocycles. The molecule has 3 amide bonds. The zero-order valence-electron chi connectivity index (χ0n) is 57.5. The van der Waals surface area contributed by atoms with Gasteiger partial charge in [-0.25, -0.2) is 14.4 Å². The standard InChI is InChI=1S/C26H34N2O3.C16H32O3.C15H14N2O.C11H22O3.C6H12O3/c1-5-6-11-16-31-23(17-18(2)3)25(29)27-24-21-14-8-7-12-19(21)20-13-9-10-15-22(20)28(4)26(24)30;1-5-7-9-11-18-15(13-14(3)4)16(17)19-12-10-8-6-2;1-17-13-9-5-4-7-11(13)10-6-2-3-8-12(10)14(16)15(17)18;1-4-5-6-7-14-10(11(12)13)8-9(2)3;1-4(2)3-5(7)6(8)9/h7-10,12-15,18,23-24H,5-6,11,16-17H2,1-4H3,(H,27,29);14-15H,5-13H2,1-4H3;2-9,14H,16H2,1H3;9-10H,4-8H2,1-3H3,(H,12,13);4-5,7H,3H2,1-2H3,(H,8,9)/t23-,24-;15-;14-;10-;5-/m00000/s1. The number of carboxylic acids is 2. The number of ether oxygens (including phenoxy) is 4. The van der Waals surface area contributed by atoms with Crippen LogP contribution in [-0.4, -0.2) is 116 Å². The summed E-state index contributed by atoms with van der Waals surface area (Å²) in [6, 6.07) is 30.0. The molecule has 0 bridgehead atoms. The first-order valence-corrected chi connectivity index (χ1v) is 33.5. The van der Waals surface area contributed by atoms with E-state index in [4.69, 9.17) is 40.0 Å². The predicted octanol–water partition coefficient (Wildman–Crippen LogP) is 15.0. The summed E-state index contributed by atoms with van der Waals surface area (Å²) in [6.45, 7) is 27.0. The number of carbonyl (C=O) groups is 6. The Bertz CT molecular complexity index is 2700. The first-order chi connectivity index (χ1) is 43.4. The number of aliphatic hydroxyl groups excluding tert-OH is 1. The van der Waals surface area contributed by atoms with Crippen molar-refractivity contribution in [3.8, 4) is 22.3 Å². The highest BCUT2D eigenvalue weighted by molar-refractivity contribution is 6.06. The maximum atomic E-state index is 13.4. The fraction of sp³-hybridized carbons (Fsp3) is 0.595. The van der Waals surface area contributed by atoms with Crippen LogP contribution < -0.4 is 20.9 Å². The van der Waals surface area contributed by atoms with Crippen LogP contribution in [0.2, 0.25) is 0 Å². The number of rotatable bonds is 32. The van der Waals surface area contributed by atoms with E-state index in [0.717, 1.165) is 122 Å². The van der Waals surface area contributed by atoms with E-state index in [1.165, 1.54) is 6.42 Å². The van der Waals surface area contributed by atoms with Gasteiger partial charge in [-0.3, -0.25) is 14.4 Å². The van der Waals surface area contributed by atoms with Crippen LogP contribution in [0.3, 0.4) is 0 Å². The van der Waals surface area contributed by atoms with E-state index >= 15 is 0 Å². The molecule has 17 heteroatoms. The third-order valence-corrected chi connectivity index (χ3v) is 15.2. The predicted molar refractivity (Wildman–Crippen MR) is 366 cm³/mol. The number of nitrogens with two attached hydrogens (primary N) is 1. The van der Waals surface area contributed by atoms with Gasteiger partial charge in [0.25, 0.3) is 5.91 Å². The van der Waals surface area contributed by atoms with Gasteiger partial charge in [0, 0.05) is 45.0 Å². The first kappa shape index (κ1) is 80.6. The van der Waals surface area contributed by atoms with Gasteiger partial charge in [0.2, 0.25) is 11.8 Å². The Labute approximate surface area is 545 Å². The second-order valence-electron chi connectivity index (χ2n) is 25.2. The smallest absolute Gasteiger partial charge is 0.335 e. The number of aliphatic hydroxyl groups is 1. The molecule has 0 fully saturated rings. The molecule has 0 saturated carbocycles. The molecule has 91 heavy (non-hydrogen) atoms. The number of fused-ring (bicyclic) bond motifs is 6. The number of nitrogens with one attached hydrogen (secondary N) is 1. The molecule has 0 spiro atoms. The number of carbonyl (C=O) groups excluding carboxylic acids is 4. The summed E-state index contributed by atoms with van der Waals surface area (Å²) in [5.41, 5.74) is 13.6. The van der Waals surface area contributed by atoms with Crippen LogP contribution in [0.15, 0.2) is 97.1 Å². The van der Waals surface area contributed by atoms with E-state index in [-0.39, 0.29) is 35.7 Å². The second kappa shape index (κ2) is 44.9. The molecule has 17 nitrogen and oxygen atoms in total. The van der Waals surface area contributed by atoms with Gasteiger partial charge in [0.1, 0.15) is 18.2 Å². The Balaban J connectivity index is 0.000000411. The molecule has 0 unspecified atom stereocenters. The number of unbranched alkanes of at least 4 members (excludes halogenated alkanes) is 8. The Hall–Kier alpha value is -6.50. The van der Waals surface area contributed by atoms with Gasteiger partial charge in [-0.05, 0) is 109 Å². The quantitative estimate of drug-likeness (QED) is 0.0226. The topological polar surface area (TPSA) is 245 Å². The van der Waals surface area contributed by atoms with E-state index in [1.54, 1.807) is 23.9 Å². The molecule has 0 radical (unpaired) electrons. The van der Waals surface area contributed by atoms with E-state index < -0.39 is 42.3 Å². The summed E-state index contributed by atoms with van der Waals surface area (Å²) in [5, 5.41) is 28.8. The number of hydrogen-bond donors (Lipinski definition) is 5. The van der Waals surface area contributed by atoms with Crippen molar-refractivity contribution in [2.75, 3.05) is 50.3 Å². The zero-order chi connectivity index (χ0) is 68.0.